The summed E-state index contributed by atoms with van der Waals surface area (Å²) < 4.78 is 16.4. The first kappa shape index (κ1) is 21.4. The monoisotopic (exact) mass is 431 g/mol. The van der Waals surface area contributed by atoms with Crippen molar-refractivity contribution in [1.29, 1.82) is 0 Å². The molecule has 3 heterocycles. The zero-order valence-corrected chi connectivity index (χ0v) is 17.8. The third-order valence-corrected chi connectivity index (χ3v) is 6.01. The van der Waals surface area contributed by atoms with E-state index in [1.165, 1.54) is 0 Å². The predicted molar refractivity (Wildman–Crippen MR) is 112 cm³/mol. The van der Waals surface area contributed by atoms with Crippen molar-refractivity contribution in [2.75, 3.05) is 57.4 Å². The number of benzene rings is 1. The molecule has 9 heteroatoms. The predicted octanol–water partition coefficient (Wildman–Crippen LogP) is 1.51. The summed E-state index contributed by atoms with van der Waals surface area (Å²) in [6.45, 7) is 5.34. The number of para-hydroxylation sites is 2. The Morgan fingerprint density at radius 1 is 1.00 bits per heavy atom. The fourth-order valence-electron chi connectivity index (χ4n) is 4.30. The molecule has 3 aliphatic heterocycles. The van der Waals surface area contributed by atoms with Gasteiger partial charge in [0, 0.05) is 32.1 Å². The van der Waals surface area contributed by atoms with Crippen LogP contribution in [-0.2, 0) is 19.1 Å². The molecule has 2 fully saturated rings. The number of fused-ring (bicyclic) bond motifs is 1. The van der Waals surface area contributed by atoms with Gasteiger partial charge in [-0.05, 0) is 31.9 Å². The molecule has 168 valence electrons. The van der Waals surface area contributed by atoms with Crippen molar-refractivity contribution < 1.29 is 28.6 Å². The van der Waals surface area contributed by atoms with Gasteiger partial charge < -0.3 is 28.9 Å². The van der Waals surface area contributed by atoms with E-state index in [1.54, 1.807) is 27.7 Å². The highest BCUT2D eigenvalue weighted by Crippen LogP contribution is 2.35. The Labute approximate surface area is 181 Å². The van der Waals surface area contributed by atoms with Crippen LogP contribution in [0.4, 0.5) is 10.5 Å². The molecule has 31 heavy (non-hydrogen) atoms. The SMILES string of the molecule is CCOC(=O)N1CCC(C(=O)N2CC(C(=O)N3CCOCC3)Oc3ccccc32)CC1. The lowest BCUT2D eigenvalue weighted by atomic mass is 9.94. The van der Waals surface area contributed by atoms with Crippen molar-refractivity contribution in [3.05, 3.63) is 24.3 Å². The first-order valence-electron chi connectivity index (χ1n) is 10.9. The number of anilines is 1. The standard InChI is InChI=1S/C22H29N3O6/c1-2-30-22(28)24-9-7-16(8-10-24)20(26)25-15-19(21(27)23-11-13-29-14-12-23)31-18-6-4-3-5-17(18)25/h3-6,16,19H,2,7-15H2,1H3. The van der Waals surface area contributed by atoms with E-state index in [-0.39, 0.29) is 30.4 Å². The Balaban J connectivity index is 1.46. The maximum absolute atomic E-state index is 13.5. The Morgan fingerprint density at radius 3 is 2.42 bits per heavy atom. The lowest BCUT2D eigenvalue weighted by molar-refractivity contribution is -0.143. The second-order valence-corrected chi connectivity index (χ2v) is 7.92. The van der Waals surface area contributed by atoms with Crippen molar-refractivity contribution in [3.63, 3.8) is 0 Å². The molecule has 1 aromatic rings. The second kappa shape index (κ2) is 9.55. The van der Waals surface area contributed by atoms with Gasteiger partial charge in [-0.3, -0.25) is 9.59 Å². The van der Waals surface area contributed by atoms with E-state index in [4.69, 9.17) is 14.2 Å². The number of rotatable bonds is 3. The van der Waals surface area contributed by atoms with E-state index in [0.29, 0.717) is 70.3 Å². The zero-order valence-electron chi connectivity index (χ0n) is 17.8. The van der Waals surface area contributed by atoms with Crippen molar-refractivity contribution in [1.82, 2.24) is 9.80 Å². The highest BCUT2D eigenvalue weighted by Gasteiger charge is 2.39. The van der Waals surface area contributed by atoms with Crippen molar-refractivity contribution >= 4 is 23.6 Å². The van der Waals surface area contributed by atoms with Gasteiger partial charge in [-0.25, -0.2) is 4.79 Å². The van der Waals surface area contributed by atoms with Crippen LogP contribution in [0.2, 0.25) is 0 Å². The summed E-state index contributed by atoms with van der Waals surface area (Å²) in [5.41, 5.74) is 0.686. The minimum absolute atomic E-state index is 0.0287. The van der Waals surface area contributed by atoms with E-state index >= 15 is 0 Å². The molecular weight excluding hydrogens is 402 g/mol. The van der Waals surface area contributed by atoms with Crippen LogP contribution in [0.25, 0.3) is 0 Å². The molecule has 3 amide bonds. The van der Waals surface area contributed by atoms with Crippen LogP contribution >= 0.6 is 0 Å². The fraction of sp³-hybridized carbons (Fsp3) is 0.591. The second-order valence-electron chi connectivity index (χ2n) is 7.92. The van der Waals surface area contributed by atoms with Crippen LogP contribution in [0.15, 0.2) is 24.3 Å². The number of hydrogen-bond donors (Lipinski definition) is 0. The van der Waals surface area contributed by atoms with Gasteiger partial charge >= 0.3 is 6.09 Å². The van der Waals surface area contributed by atoms with Crippen LogP contribution in [-0.4, -0.2) is 86.4 Å². The van der Waals surface area contributed by atoms with Crippen LogP contribution in [0, 0.1) is 5.92 Å². The average molecular weight is 431 g/mol. The smallest absolute Gasteiger partial charge is 0.409 e. The average Bonchev–Trinajstić information content (AvgIpc) is 2.83. The summed E-state index contributed by atoms with van der Waals surface area (Å²) in [6, 6.07) is 7.32. The lowest BCUT2D eigenvalue weighted by Gasteiger charge is -2.39. The van der Waals surface area contributed by atoms with Crippen LogP contribution in [0.5, 0.6) is 5.75 Å². The van der Waals surface area contributed by atoms with Gasteiger partial charge in [-0.1, -0.05) is 12.1 Å². The number of carbonyl (C=O) groups excluding carboxylic acids is 3. The highest BCUT2D eigenvalue weighted by atomic mass is 16.6. The molecule has 0 N–H and O–H groups in total. The quantitative estimate of drug-likeness (QED) is 0.721. The van der Waals surface area contributed by atoms with E-state index in [9.17, 15) is 14.4 Å². The molecule has 1 atom stereocenters. The maximum atomic E-state index is 13.5. The molecule has 2 saturated heterocycles. The van der Waals surface area contributed by atoms with Gasteiger partial charge in [0.15, 0.2) is 6.10 Å². The third-order valence-electron chi connectivity index (χ3n) is 6.01. The molecule has 0 radical (unpaired) electrons. The normalized spacial score (nSPS) is 21.8. The molecule has 4 rings (SSSR count). The molecule has 1 unspecified atom stereocenters. The minimum atomic E-state index is -0.739. The van der Waals surface area contributed by atoms with Crippen LogP contribution < -0.4 is 9.64 Å². The van der Waals surface area contributed by atoms with Crippen molar-refractivity contribution in [3.8, 4) is 5.75 Å². The summed E-state index contributed by atoms with van der Waals surface area (Å²) in [6.07, 6.45) is 0.0660. The molecular formula is C22H29N3O6. The number of nitrogens with zero attached hydrogens (tertiary/aromatic N) is 3. The van der Waals surface area contributed by atoms with E-state index in [0.717, 1.165) is 0 Å². The Bertz CT molecular complexity index is 817. The van der Waals surface area contributed by atoms with Crippen molar-refractivity contribution in [2.24, 2.45) is 5.92 Å². The summed E-state index contributed by atoms with van der Waals surface area (Å²) >= 11 is 0. The molecule has 1 aromatic carbocycles. The number of hydrogen-bond acceptors (Lipinski definition) is 6. The molecule has 0 bridgehead atoms. The van der Waals surface area contributed by atoms with Crippen LogP contribution in [0.3, 0.4) is 0 Å². The Morgan fingerprint density at radius 2 is 1.71 bits per heavy atom. The lowest BCUT2D eigenvalue weighted by Crippen LogP contribution is -2.55. The summed E-state index contributed by atoms with van der Waals surface area (Å²) in [5, 5.41) is 0. The fourth-order valence-corrected chi connectivity index (χ4v) is 4.30. The summed E-state index contributed by atoms with van der Waals surface area (Å²) in [5.74, 6) is 0.181. The number of morpholine rings is 1. The van der Waals surface area contributed by atoms with Crippen LogP contribution in [0.1, 0.15) is 19.8 Å². The largest absolute Gasteiger partial charge is 0.476 e. The Kier molecular flexibility index (Phi) is 6.60. The van der Waals surface area contributed by atoms with Gasteiger partial charge in [0.2, 0.25) is 5.91 Å². The molecule has 0 aromatic heterocycles. The van der Waals surface area contributed by atoms with Gasteiger partial charge in [0.25, 0.3) is 5.91 Å². The first-order chi connectivity index (χ1) is 15.1. The van der Waals surface area contributed by atoms with E-state index in [1.807, 2.05) is 18.2 Å². The van der Waals surface area contributed by atoms with Crippen molar-refractivity contribution in [2.45, 2.75) is 25.9 Å². The summed E-state index contributed by atoms with van der Waals surface area (Å²) in [7, 11) is 0. The molecule has 9 nitrogen and oxygen atoms in total. The van der Waals surface area contributed by atoms with Gasteiger partial charge in [0.05, 0.1) is 32.1 Å². The summed E-state index contributed by atoms with van der Waals surface area (Å²) in [4.78, 5) is 43.5. The maximum Gasteiger partial charge on any atom is 0.409 e. The number of ether oxygens (including phenoxy) is 3. The number of carbonyl (C=O) groups is 3. The third kappa shape index (κ3) is 4.61. The molecule has 3 aliphatic rings. The number of piperidine rings is 1. The number of likely N-dealkylation sites (tertiary alicyclic amines) is 1. The first-order valence-corrected chi connectivity index (χ1v) is 10.9. The van der Waals surface area contributed by atoms with E-state index < -0.39 is 6.10 Å². The topological polar surface area (TPSA) is 88.6 Å². The van der Waals surface area contributed by atoms with Gasteiger partial charge in [0.1, 0.15) is 5.75 Å². The zero-order chi connectivity index (χ0) is 21.8. The molecule has 0 spiro atoms. The Hall–Kier alpha value is -2.81. The van der Waals surface area contributed by atoms with Gasteiger partial charge in [-0.2, -0.15) is 0 Å². The number of amides is 3. The van der Waals surface area contributed by atoms with E-state index in [2.05, 4.69) is 0 Å². The van der Waals surface area contributed by atoms with Gasteiger partial charge in [-0.15, -0.1) is 0 Å². The molecule has 0 aliphatic carbocycles. The molecule has 0 saturated carbocycles. The highest BCUT2D eigenvalue weighted by molar-refractivity contribution is 5.98. The minimum Gasteiger partial charge on any atom is -0.476 e.